The van der Waals surface area contributed by atoms with Gasteiger partial charge in [0, 0.05) is 6.04 Å². The average Bonchev–Trinajstić information content (AvgIpc) is 2.56. The molecule has 76 valence electrons. The molecule has 2 atom stereocenters. The van der Waals surface area contributed by atoms with Crippen molar-refractivity contribution in [3.8, 4) is 0 Å². The minimum absolute atomic E-state index is 0.132. The van der Waals surface area contributed by atoms with Gasteiger partial charge >= 0.3 is 0 Å². The molecule has 1 saturated heterocycles. The summed E-state index contributed by atoms with van der Waals surface area (Å²) in [5.74, 6) is 0.564. The van der Waals surface area contributed by atoms with E-state index in [0.29, 0.717) is 12.0 Å². The SMILES string of the molecule is Cc1ccc(F)cc1C1CC(C)CN1. The Morgan fingerprint density at radius 2 is 2.21 bits per heavy atom. The summed E-state index contributed by atoms with van der Waals surface area (Å²) in [4.78, 5) is 0. The predicted octanol–water partition coefficient (Wildman–Crippen LogP) is 2.80. The van der Waals surface area contributed by atoms with Gasteiger partial charge in [0.15, 0.2) is 0 Å². The van der Waals surface area contributed by atoms with Crippen LogP contribution in [0.3, 0.4) is 0 Å². The highest BCUT2D eigenvalue weighted by Crippen LogP contribution is 2.29. The molecular formula is C12H16FN. The molecule has 1 aromatic carbocycles. The van der Waals surface area contributed by atoms with Crippen molar-refractivity contribution in [2.45, 2.75) is 26.3 Å². The van der Waals surface area contributed by atoms with E-state index in [4.69, 9.17) is 0 Å². The first-order valence-electron chi connectivity index (χ1n) is 5.16. The summed E-state index contributed by atoms with van der Waals surface area (Å²) in [6, 6.07) is 5.39. The van der Waals surface area contributed by atoms with Gasteiger partial charge in [-0.25, -0.2) is 4.39 Å². The molecule has 1 N–H and O–H groups in total. The van der Waals surface area contributed by atoms with Gasteiger partial charge in [0.05, 0.1) is 0 Å². The molecule has 2 rings (SSSR count). The van der Waals surface area contributed by atoms with E-state index in [1.165, 1.54) is 11.6 Å². The van der Waals surface area contributed by atoms with Crippen LogP contribution in [0, 0.1) is 18.7 Å². The monoisotopic (exact) mass is 193 g/mol. The van der Waals surface area contributed by atoms with Gasteiger partial charge in [-0.15, -0.1) is 0 Å². The molecule has 1 nitrogen and oxygen atoms in total. The highest BCUT2D eigenvalue weighted by atomic mass is 19.1. The number of rotatable bonds is 1. The second-order valence-electron chi connectivity index (χ2n) is 4.30. The number of hydrogen-bond donors (Lipinski definition) is 1. The Kier molecular flexibility index (Phi) is 2.55. The maximum absolute atomic E-state index is 13.1. The Hall–Kier alpha value is -0.890. The smallest absolute Gasteiger partial charge is 0.123 e. The second kappa shape index (κ2) is 3.70. The average molecular weight is 193 g/mol. The van der Waals surface area contributed by atoms with Crippen LogP contribution in [0.1, 0.15) is 30.5 Å². The van der Waals surface area contributed by atoms with Crippen molar-refractivity contribution in [1.29, 1.82) is 0 Å². The molecule has 1 fully saturated rings. The lowest BCUT2D eigenvalue weighted by Crippen LogP contribution is -2.14. The topological polar surface area (TPSA) is 12.0 Å². The lowest BCUT2D eigenvalue weighted by Gasteiger charge is -2.13. The second-order valence-corrected chi connectivity index (χ2v) is 4.30. The Morgan fingerprint density at radius 1 is 1.43 bits per heavy atom. The Morgan fingerprint density at radius 3 is 2.86 bits per heavy atom. The number of hydrogen-bond acceptors (Lipinski definition) is 1. The molecule has 14 heavy (non-hydrogen) atoms. The van der Waals surface area contributed by atoms with Crippen LogP contribution in [-0.4, -0.2) is 6.54 Å². The lowest BCUT2D eigenvalue weighted by molar-refractivity contribution is 0.591. The fourth-order valence-electron chi connectivity index (χ4n) is 2.14. The molecule has 0 aliphatic carbocycles. The number of aryl methyl sites for hydroxylation is 1. The van der Waals surface area contributed by atoms with E-state index < -0.39 is 0 Å². The van der Waals surface area contributed by atoms with Crippen LogP contribution in [0.15, 0.2) is 18.2 Å². The van der Waals surface area contributed by atoms with E-state index in [1.54, 1.807) is 6.07 Å². The Bertz CT molecular complexity index is 335. The van der Waals surface area contributed by atoms with Crippen molar-refractivity contribution in [1.82, 2.24) is 5.32 Å². The summed E-state index contributed by atoms with van der Waals surface area (Å²) in [7, 11) is 0. The van der Waals surface area contributed by atoms with Crippen LogP contribution in [0.4, 0.5) is 4.39 Å². The van der Waals surface area contributed by atoms with Gasteiger partial charge in [0.25, 0.3) is 0 Å². The third-order valence-corrected chi connectivity index (χ3v) is 2.97. The molecule has 1 heterocycles. The quantitative estimate of drug-likeness (QED) is 0.723. The van der Waals surface area contributed by atoms with Crippen molar-refractivity contribution in [3.63, 3.8) is 0 Å². The van der Waals surface area contributed by atoms with Crippen molar-refractivity contribution in [2.24, 2.45) is 5.92 Å². The van der Waals surface area contributed by atoms with Gasteiger partial charge in [-0.05, 0) is 49.1 Å². The molecule has 0 saturated carbocycles. The molecule has 1 aromatic rings. The van der Waals surface area contributed by atoms with E-state index in [9.17, 15) is 4.39 Å². The van der Waals surface area contributed by atoms with E-state index in [2.05, 4.69) is 12.2 Å². The Labute approximate surface area is 84.3 Å². The zero-order chi connectivity index (χ0) is 10.1. The highest BCUT2D eigenvalue weighted by Gasteiger charge is 2.23. The van der Waals surface area contributed by atoms with Gasteiger partial charge in [0.2, 0.25) is 0 Å². The maximum Gasteiger partial charge on any atom is 0.123 e. The largest absolute Gasteiger partial charge is 0.310 e. The summed E-state index contributed by atoms with van der Waals surface area (Å²) >= 11 is 0. The third kappa shape index (κ3) is 1.80. The van der Waals surface area contributed by atoms with E-state index in [1.807, 2.05) is 13.0 Å². The van der Waals surface area contributed by atoms with Gasteiger partial charge in [-0.3, -0.25) is 0 Å². The first kappa shape index (κ1) is 9.66. The van der Waals surface area contributed by atoms with E-state index >= 15 is 0 Å². The Balaban J connectivity index is 2.27. The minimum atomic E-state index is -0.132. The molecule has 0 aromatic heterocycles. The van der Waals surface area contributed by atoms with Crippen LogP contribution in [0.25, 0.3) is 0 Å². The zero-order valence-corrected chi connectivity index (χ0v) is 8.68. The molecular weight excluding hydrogens is 177 g/mol. The third-order valence-electron chi connectivity index (χ3n) is 2.97. The van der Waals surface area contributed by atoms with Gasteiger partial charge in [-0.1, -0.05) is 13.0 Å². The number of benzene rings is 1. The van der Waals surface area contributed by atoms with Crippen molar-refractivity contribution in [3.05, 3.63) is 35.1 Å². The minimum Gasteiger partial charge on any atom is -0.310 e. The van der Waals surface area contributed by atoms with Gasteiger partial charge < -0.3 is 5.32 Å². The zero-order valence-electron chi connectivity index (χ0n) is 8.68. The van der Waals surface area contributed by atoms with Crippen molar-refractivity contribution in [2.75, 3.05) is 6.54 Å². The molecule has 1 aliphatic rings. The molecule has 2 heteroatoms. The van der Waals surface area contributed by atoms with Crippen LogP contribution in [0.5, 0.6) is 0 Å². The molecule has 1 aliphatic heterocycles. The normalized spacial score (nSPS) is 26.8. The maximum atomic E-state index is 13.1. The molecule has 0 amide bonds. The first-order chi connectivity index (χ1) is 6.66. The summed E-state index contributed by atoms with van der Waals surface area (Å²) in [5.41, 5.74) is 2.30. The fourth-order valence-corrected chi connectivity index (χ4v) is 2.14. The summed E-state index contributed by atoms with van der Waals surface area (Å²) in [6.07, 6.45) is 1.12. The molecule has 2 unspecified atom stereocenters. The first-order valence-corrected chi connectivity index (χ1v) is 5.16. The van der Waals surface area contributed by atoms with Gasteiger partial charge in [-0.2, -0.15) is 0 Å². The summed E-state index contributed by atoms with van der Waals surface area (Å²) in [6.45, 7) is 5.31. The standard InChI is InChI=1S/C12H16FN/c1-8-5-12(14-7-8)11-6-10(13)4-3-9(11)2/h3-4,6,8,12,14H,5,7H2,1-2H3. The lowest BCUT2D eigenvalue weighted by atomic mass is 9.97. The van der Waals surface area contributed by atoms with Crippen LogP contribution in [-0.2, 0) is 0 Å². The van der Waals surface area contributed by atoms with Crippen molar-refractivity contribution >= 4 is 0 Å². The van der Waals surface area contributed by atoms with E-state index in [0.717, 1.165) is 18.5 Å². The van der Waals surface area contributed by atoms with Crippen LogP contribution >= 0.6 is 0 Å². The molecule has 0 radical (unpaired) electrons. The number of nitrogens with one attached hydrogen (secondary N) is 1. The van der Waals surface area contributed by atoms with Crippen molar-refractivity contribution < 1.29 is 4.39 Å². The van der Waals surface area contributed by atoms with Crippen LogP contribution in [0.2, 0.25) is 0 Å². The molecule has 0 spiro atoms. The number of halogens is 1. The summed E-state index contributed by atoms with van der Waals surface area (Å²) < 4.78 is 13.1. The van der Waals surface area contributed by atoms with Crippen LogP contribution < -0.4 is 5.32 Å². The fraction of sp³-hybridized carbons (Fsp3) is 0.500. The molecule has 0 bridgehead atoms. The predicted molar refractivity (Wildman–Crippen MR) is 55.7 cm³/mol. The van der Waals surface area contributed by atoms with Gasteiger partial charge in [0.1, 0.15) is 5.82 Å². The highest BCUT2D eigenvalue weighted by molar-refractivity contribution is 5.30. The summed E-state index contributed by atoms with van der Waals surface area (Å²) in [5, 5.41) is 3.42. The van der Waals surface area contributed by atoms with E-state index in [-0.39, 0.29) is 5.82 Å².